The molecular formula is C21H30IN5O2. The van der Waals surface area contributed by atoms with Gasteiger partial charge in [-0.3, -0.25) is 9.79 Å². The molecule has 2 aromatic rings. The predicted molar refractivity (Wildman–Crippen MR) is 127 cm³/mol. The van der Waals surface area contributed by atoms with E-state index in [9.17, 15) is 4.79 Å². The van der Waals surface area contributed by atoms with Crippen molar-refractivity contribution in [2.45, 2.75) is 32.4 Å². The van der Waals surface area contributed by atoms with Crippen LogP contribution < -0.4 is 16.0 Å². The van der Waals surface area contributed by atoms with Gasteiger partial charge in [0.05, 0.1) is 6.54 Å². The summed E-state index contributed by atoms with van der Waals surface area (Å²) in [5.74, 6) is 0.973. The lowest BCUT2D eigenvalue weighted by molar-refractivity contribution is 0.0972. The van der Waals surface area contributed by atoms with Crippen molar-refractivity contribution in [3.8, 4) is 0 Å². The van der Waals surface area contributed by atoms with Crippen molar-refractivity contribution in [3.63, 3.8) is 0 Å². The van der Waals surface area contributed by atoms with Crippen LogP contribution in [-0.2, 0) is 13.1 Å². The monoisotopic (exact) mass is 511 g/mol. The van der Waals surface area contributed by atoms with Gasteiger partial charge in [0.2, 0.25) is 0 Å². The number of anilines is 1. The average molecular weight is 511 g/mol. The van der Waals surface area contributed by atoms with E-state index in [1.165, 1.54) is 30.5 Å². The molecule has 1 saturated heterocycles. The minimum Gasteiger partial charge on any atom is -0.454 e. The SMILES string of the molecule is CN=C(NCc1ccc(C(N)=O)o1)N(C)Cc1ccc(N2CCCCC2)cc1.I. The zero-order valence-corrected chi connectivity index (χ0v) is 19.4. The van der Waals surface area contributed by atoms with Crippen LogP contribution in [0.3, 0.4) is 0 Å². The number of carbonyl (C=O) groups excluding carboxylic acids is 1. The predicted octanol–water partition coefficient (Wildman–Crippen LogP) is 3.19. The van der Waals surface area contributed by atoms with Crippen LogP contribution in [-0.4, -0.2) is 44.0 Å². The Balaban J connectivity index is 0.00000300. The van der Waals surface area contributed by atoms with Crippen molar-refractivity contribution >= 4 is 41.5 Å². The zero-order chi connectivity index (χ0) is 19.9. The van der Waals surface area contributed by atoms with Crippen LogP contribution in [0, 0.1) is 0 Å². The number of aliphatic imine (C=N–C) groups is 1. The number of guanidine groups is 1. The first-order valence-electron chi connectivity index (χ1n) is 9.71. The fourth-order valence-corrected chi connectivity index (χ4v) is 3.47. The summed E-state index contributed by atoms with van der Waals surface area (Å²) in [6.07, 6.45) is 3.90. The van der Waals surface area contributed by atoms with Crippen LogP contribution in [0.4, 0.5) is 5.69 Å². The van der Waals surface area contributed by atoms with Crippen molar-refractivity contribution in [2.75, 3.05) is 32.1 Å². The Morgan fingerprint density at radius 1 is 1.17 bits per heavy atom. The van der Waals surface area contributed by atoms with Crippen molar-refractivity contribution in [1.29, 1.82) is 0 Å². The average Bonchev–Trinajstić information content (AvgIpc) is 3.19. The van der Waals surface area contributed by atoms with Crippen LogP contribution in [0.15, 0.2) is 45.8 Å². The second-order valence-corrected chi connectivity index (χ2v) is 7.10. The van der Waals surface area contributed by atoms with Gasteiger partial charge in [0.15, 0.2) is 11.7 Å². The molecular weight excluding hydrogens is 481 g/mol. The highest BCUT2D eigenvalue weighted by Gasteiger charge is 2.12. The lowest BCUT2D eigenvalue weighted by Crippen LogP contribution is -2.38. The highest BCUT2D eigenvalue weighted by molar-refractivity contribution is 14.0. The van der Waals surface area contributed by atoms with Crippen molar-refractivity contribution in [1.82, 2.24) is 10.2 Å². The van der Waals surface area contributed by atoms with E-state index in [1.54, 1.807) is 19.2 Å². The summed E-state index contributed by atoms with van der Waals surface area (Å²) in [6.45, 7) is 3.48. The molecule has 158 valence electrons. The third-order valence-corrected chi connectivity index (χ3v) is 4.98. The number of piperidine rings is 1. The summed E-state index contributed by atoms with van der Waals surface area (Å²) < 4.78 is 5.39. The highest BCUT2D eigenvalue weighted by atomic mass is 127. The number of amides is 1. The smallest absolute Gasteiger partial charge is 0.284 e. The Hall–Kier alpha value is -2.23. The molecule has 3 rings (SSSR count). The van der Waals surface area contributed by atoms with E-state index in [-0.39, 0.29) is 29.7 Å². The normalized spacial score (nSPS) is 14.3. The molecule has 0 unspecified atom stereocenters. The van der Waals surface area contributed by atoms with Crippen molar-refractivity contribution in [3.05, 3.63) is 53.5 Å². The molecule has 1 aliphatic heterocycles. The number of halogens is 1. The zero-order valence-electron chi connectivity index (χ0n) is 17.1. The molecule has 0 atom stereocenters. The van der Waals surface area contributed by atoms with E-state index >= 15 is 0 Å². The fourth-order valence-electron chi connectivity index (χ4n) is 3.47. The number of nitrogens with one attached hydrogen (secondary N) is 1. The maximum atomic E-state index is 11.1. The van der Waals surface area contributed by atoms with E-state index in [0.717, 1.165) is 25.6 Å². The maximum Gasteiger partial charge on any atom is 0.284 e. The van der Waals surface area contributed by atoms with Gasteiger partial charge in [-0.05, 0) is 49.1 Å². The van der Waals surface area contributed by atoms with Crippen LogP contribution >= 0.6 is 24.0 Å². The maximum absolute atomic E-state index is 11.1. The van der Waals surface area contributed by atoms with E-state index in [1.807, 2.05) is 11.9 Å². The van der Waals surface area contributed by atoms with E-state index in [2.05, 4.69) is 39.5 Å². The molecule has 0 bridgehead atoms. The molecule has 1 aliphatic rings. The molecule has 1 aromatic heterocycles. The minimum atomic E-state index is -0.569. The number of nitrogens with zero attached hydrogens (tertiary/aromatic N) is 3. The Labute approximate surface area is 189 Å². The first kappa shape index (κ1) is 23.1. The van der Waals surface area contributed by atoms with Gasteiger partial charge in [-0.2, -0.15) is 0 Å². The molecule has 3 N–H and O–H groups in total. The lowest BCUT2D eigenvalue weighted by atomic mass is 10.1. The molecule has 2 heterocycles. The third kappa shape index (κ3) is 6.38. The number of nitrogens with two attached hydrogens (primary N) is 1. The summed E-state index contributed by atoms with van der Waals surface area (Å²) in [4.78, 5) is 19.9. The van der Waals surface area contributed by atoms with Crippen molar-refractivity contribution in [2.24, 2.45) is 10.7 Å². The summed E-state index contributed by atoms with van der Waals surface area (Å²) in [6, 6.07) is 12.1. The van der Waals surface area contributed by atoms with Gasteiger partial charge in [-0.15, -0.1) is 24.0 Å². The Kier molecular flexibility index (Phi) is 8.81. The Bertz CT molecular complexity index is 813. The van der Waals surface area contributed by atoms with Gasteiger partial charge in [-0.1, -0.05) is 12.1 Å². The largest absolute Gasteiger partial charge is 0.454 e. The summed E-state index contributed by atoms with van der Waals surface area (Å²) in [5.41, 5.74) is 7.74. The molecule has 1 fully saturated rings. The van der Waals surface area contributed by atoms with Gasteiger partial charge in [0, 0.05) is 39.4 Å². The van der Waals surface area contributed by atoms with E-state index < -0.39 is 5.91 Å². The summed E-state index contributed by atoms with van der Waals surface area (Å²) >= 11 is 0. The molecule has 1 amide bonds. The van der Waals surface area contributed by atoms with Gasteiger partial charge >= 0.3 is 0 Å². The van der Waals surface area contributed by atoms with Gasteiger partial charge < -0.3 is 25.3 Å². The number of primary amides is 1. The second-order valence-electron chi connectivity index (χ2n) is 7.10. The first-order valence-corrected chi connectivity index (χ1v) is 9.71. The number of hydrogen-bond donors (Lipinski definition) is 2. The van der Waals surface area contributed by atoms with Gasteiger partial charge in [0.1, 0.15) is 5.76 Å². The van der Waals surface area contributed by atoms with Crippen LogP contribution in [0.1, 0.15) is 41.1 Å². The number of benzene rings is 1. The lowest BCUT2D eigenvalue weighted by Gasteiger charge is -2.29. The van der Waals surface area contributed by atoms with Crippen molar-refractivity contribution < 1.29 is 9.21 Å². The minimum absolute atomic E-state index is 0. The van der Waals surface area contributed by atoms with Crippen LogP contribution in [0.2, 0.25) is 0 Å². The molecule has 7 nitrogen and oxygen atoms in total. The molecule has 0 saturated carbocycles. The number of hydrogen-bond acceptors (Lipinski definition) is 4. The molecule has 29 heavy (non-hydrogen) atoms. The van der Waals surface area contributed by atoms with E-state index in [4.69, 9.17) is 10.2 Å². The molecule has 0 spiro atoms. The summed E-state index contributed by atoms with van der Waals surface area (Å²) in [7, 11) is 3.74. The summed E-state index contributed by atoms with van der Waals surface area (Å²) in [5, 5.41) is 3.24. The number of carbonyl (C=O) groups is 1. The first-order chi connectivity index (χ1) is 13.6. The molecule has 8 heteroatoms. The highest BCUT2D eigenvalue weighted by Crippen LogP contribution is 2.20. The molecule has 0 aliphatic carbocycles. The van der Waals surface area contributed by atoms with Gasteiger partial charge in [0.25, 0.3) is 5.91 Å². The quantitative estimate of drug-likeness (QED) is 0.354. The molecule has 0 radical (unpaired) electrons. The van der Waals surface area contributed by atoms with Crippen LogP contribution in [0.5, 0.6) is 0 Å². The van der Waals surface area contributed by atoms with E-state index in [0.29, 0.717) is 12.3 Å². The van der Waals surface area contributed by atoms with Gasteiger partial charge in [-0.25, -0.2) is 0 Å². The Morgan fingerprint density at radius 2 is 1.86 bits per heavy atom. The second kappa shape index (κ2) is 11.1. The number of furan rings is 1. The molecule has 1 aromatic carbocycles. The Morgan fingerprint density at radius 3 is 2.45 bits per heavy atom. The van der Waals surface area contributed by atoms with Crippen LogP contribution in [0.25, 0.3) is 0 Å². The standard InChI is InChI=1S/C21H29N5O2.HI/c1-23-21(24-14-18-10-11-19(28-18)20(22)27)25(2)15-16-6-8-17(9-7-16)26-12-4-3-5-13-26;/h6-11H,3-5,12-15H2,1-2H3,(H2,22,27)(H,23,24);1H. The fraction of sp³-hybridized carbons (Fsp3) is 0.429. The topological polar surface area (TPSA) is 87.1 Å². The third-order valence-electron chi connectivity index (χ3n) is 4.98. The number of rotatable bonds is 6.